The predicted octanol–water partition coefficient (Wildman–Crippen LogP) is 2.26. The summed E-state index contributed by atoms with van der Waals surface area (Å²) in [6, 6.07) is 6.82. The second kappa shape index (κ2) is 14.5. The van der Waals surface area contributed by atoms with Crippen LogP contribution < -0.4 is 10.1 Å². The number of rotatable bonds is 13. The molecule has 1 aromatic carbocycles. The fourth-order valence-corrected chi connectivity index (χ4v) is 4.30. The molecule has 0 radical (unpaired) electrons. The maximum absolute atomic E-state index is 13.0. The van der Waals surface area contributed by atoms with Gasteiger partial charge in [-0.05, 0) is 60.6 Å². The Balaban J connectivity index is 2.33. The van der Waals surface area contributed by atoms with Crippen molar-refractivity contribution in [2.75, 3.05) is 32.9 Å². The van der Waals surface area contributed by atoms with Crippen molar-refractivity contribution in [3.63, 3.8) is 0 Å². The molecule has 2 amide bonds. The van der Waals surface area contributed by atoms with E-state index in [1.54, 1.807) is 17.0 Å². The minimum absolute atomic E-state index is 0.0666. The summed E-state index contributed by atoms with van der Waals surface area (Å²) in [6.07, 6.45) is 1.68. The number of benzene rings is 1. The number of amides is 2. The number of para-hydroxylation sites is 1. The molecule has 3 unspecified atom stereocenters. The van der Waals surface area contributed by atoms with Crippen LogP contribution in [0.1, 0.15) is 39.5 Å². The van der Waals surface area contributed by atoms with Crippen LogP contribution in [0, 0.1) is 3.57 Å². The van der Waals surface area contributed by atoms with Crippen LogP contribution in [0.5, 0.6) is 5.75 Å². The lowest BCUT2D eigenvalue weighted by Gasteiger charge is -2.40. The average Bonchev–Trinajstić information content (AvgIpc) is 2.80. The van der Waals surface area contributed by atoms with Crippen molar-refractivity contribution in [1.82, 2.24) is 10.2 Å². The number of hydrogen-bond acceptors (Lipinski definition) is 6. The molecule has 9 heteroatoms. The summed E-state index contributed by atoms with van der Waals surface area (Å²) in [5.41, 5.74) is 0.425. The Labute approximate surface area is 209 Å². The Kier molecular flexibility index (Phi) is 12.1. The summed E-state index contributed by atoms with van der Waals surface area (Å²) in [5.74, 6) is 0.189. The van der Waals surface area contributed by atoms with E-state index in [0.29, 0.717) is 50.3 Å². The molecule has 1 aromatic rings. The molecule has 0 heterocycles. The lowest BCUT2D eigenvalue weighted by atomic mass is 9.87. The Bertz CT molecular complexity index is 803. The van der Waals surface area contributed by atoms with Gasteiger partial charge in [-0.15, -0.1) is 0 Å². The van der Waals surface area contributed by atoms with Gasteiger partial charge >= 0.3 is 0 Å². The molecule has 0 saturated heterocycles. The van der Waals surface area contributed by atoms with E-state index in [9.17, 15) is 14.7 Å². The van der Waals surface area contributed by atoms with Gasteiger partial charge in [-0.25, -0.2) is 0 Å². The molecule has 0 spiro atoms. The van der Waals surface area contributed by atoms with E-state index in [4.69, 9.17) is 14.6 Å². The lowest BCUT2D eigenvalue weighted by Crippen LogP contribution is -2.55. The summed E-state index contributed by atoms with van der Waals surface area (Å²) in [7, 11) is 0. The molecular formula is C24H35IN2O6. The summed E-state index contributed by atoms with van der Waals surface area (Å²) < 4.78 is 12.4. The van der Waals surface area contributed by atoms with Crippen LogP contribution in [0.3, 0.4) is 0 Å². The number of nitrogens with zero attached hydrogens (tertiary/aromatic N) is 1. The molecule has 184 valence electrons. The standard InChI is InChI=1S/C24H35IN2O6/c1-3-8-22(29)27(12-7-14-32-4-2)19-15-17(24(31)26-11-13-28)16-21(23(19)30)33-20-10-6-5-9-18(20)25/h5-6,9-10,16,19,21,23,28,30H,3-4,7-8,11-15H2,1-2H3,(H,26,31). The first-order chi connectivity index (χ1) is 15.9. The third-order valence-corrected chi connectivity index (χ3v) is 6.28. The molecule has 1 aliphatic rings. The molecule has 0 aromatic heterocycles. The summed E-state index contributed by atoms with van der Waals surface area (Å²) in [6.45, 7) is 5.33. The quantitative estimate of drug-likeness (QED) is 0.247. The van der Waals surface area contributed by atoms with Gasteiger partial charge in [0.2, 0.25) is 11.8 Å². The Morgan fingerprint density at radius 1 is 1.27 bits per heavy atom. The Morgan fingerprint density at radius 3 is 2.70 bits per heavy atom. The topological polar surface area (TPSA) is 108 Å². The molecule has 2 rings (SSSR count). The van der Waals surface area contributed by atoms with Crippen LogP contribution >= 0.6 is 22.6 Å². The molecule has 1 aliphatic carbocycles. The van der Waals surface area contributed by atoms with E-state index < -0.39 is 18.2 Å². The molecule has 8 nitrogen and oxygen atoms in total. The zero-order valence-electron chi connectivity index (χ0n) is 19.3. The first kappa shape index (κ1) is 27.6. The zero-order valence-corrected chi connectivity index (χ0v) is 21.5. The van der Waals surface area contributed by atoms with E-state index in [0.717, 1.165) is 3.57 Å². The summed E-state index contributed by atoms with van der Waals surface area (Å²) in [5, 5.41) is 23.0. The van der Waals surface area contributed by atoms with E-state index in [-0.39, 0.29) is 31.4 Å². The fourth-order valence-electron chi connectivity index (χ4n) is 3.78. The van der Waals surface area contributed by atoms with Gasteiger partial charge < -0.3 is 29.9 Å². The molecule has 0 aliphatic heterocycles. The number of carbonyl (C=O) groups excluding carboxylic acids is 2. The Hall–Kier alpha value is -1.69. The molecule has 33 heavy (non-hydrogen) atoms. The maximum atomic E-state index is 13.0. The number of carbonyl (C=O) groups is 2. The second-order valence-corrected chi connectivity index (χ2v) is 9.00. The van der Waals surface area contributed by atoms with E-state index in [2.05, 4.69) is 27.9 Å². The van der Waals surface area contributed by atoms with Crippen molar-refractivity contribution < 1.29 is 29.3 Å². The Morgan fingerprint density at radius 2 is 2.03 bits per heavy atom. The summed E-state index contributed by atoms with van der Waals surface area (Å²) in [4.78, 5) is 27.4. The normalized spacial score (nSPS) is 20.2. The minimum Gasteiger partial charge on any atom is -0.482 e. The maximum Gasteiger partial charge on any atom is 0.247 e. The van der Waals surface area contributed by atoms with Crippen molar-refractivity contribution in [3.8, 4) is 5.75 Å². The molecule has 3 N–H and O–H groups in total. The van der Waals surface area contributed by atoms with Crippen LogP contribution in [0.25, 0.3) is 0 Å². The van der Waals surface area contributed by atoms with Crippen molar-refractivity contribution in [2.45, 2.75) is 57.8 Å². The van der Waals surface area contributed by atoms with Gasteiger partial charge in [-0.1, -0.05) is 19.1 Å². The SMILES string of the molecule is CCCC(=O)N(CCCOCC)C1CC(C(=O)NCCO)=CC(Oc2ccccc2I)C1O. The molecule has 0 saturated carbocycles. The van der Waals surface area contributed by atoms with E-state index >= 15 is 0 Å². The highest BCUT2D eigenvalue weighted by molar-refractivity contribution is 14.1. The molecular weight excluding hydrogens is 539 g/mol. The second-order valence-electron chi connectivity index (χ2n) is 7.83. The van der Waals surface area contributed by atoms with Gasteiger partial charge in [0.15, 0.2) is 0 Å². The van der Waals surface area contributed by atoms with Crippen molar-refractivity contribution in [2.24, 2.45) is 0 Å². The highest BCUT2D eigenvalue weighted by Crippen LogP contribution is 2.30. The van der Waals surface area contributed by atoms with Gasteiger partial charge in [0, 0.05) is 44.7 Å². The molecule has 0 bridgehead atoms. The third kappa shape index (κ3) is 8.24. The molecule has 0 fully saturated rings. The predicted molar refractivity (Wildman–Crippen MR) is 134 cm³/mol. The minimum atomic E-state index is -1.01. The van der Waals surface area contributed by atoms with Crippen molar-refractivity contribution in [3.05, 3.63) is 39.5 Å². The number of hydrogen-bond donors (Lipinski definition) is 3. The third-order valence-electron chi connectivity index (χ3n) is 5.39. The summed E-state index contributed by atoms with van der Waals surface area (Å²) >= 11 is 2.15. The van der Waals surface area contributed by atoms with E-state index in [1.165, 1.54) is 0 Å². The van der Waals surface area contributed by atoms with Gasteiger partial charge in [-0.3, -0.25) is 9.59 Å². The van der Waals surface area contributed by atoms with Crippen LogP contribution in [0.4, 0.5) is 0 Å². The van der Waals surface area contributed by atoms with E-state index in [1.807, 2.05) is 32.0 Å². The number of aliphatic hydroxyl groups is 2. The fraction of sp³-hybridized carbons (Fsp3) is 0.583. The monoisotopic (exact) mass is 574 g/mol. The smallest absolute Gasteiger partial charge is 0.247 e. The van der Waals surface area contributed by atoms with Crippen molar-refractivity contribution in [1.29, 1.82) is 0 Å². The first-order valence-electron chi connectivity index (χ1n) is 11.5. The first-order valence-corrected chi connectivity index (χ1v) is 12.6. The zero-order chi connectivity index (χ0) is 24.2. The van der Waals surface area contributed by atoms with Crippen LogP contribution in [-0.2, 0) is 14.3 Å². The van der Waals surface area contributed by atoms with Gasteiger partial charge in [0.1, 0.15) is 18.0 Å². The van der Waals surface area contributed by atoms with Gasteiger partial charge in [0.25, 0.3) is 0 Å². The number of aliphatic hydroxyl groups excluding tert-OH is 2. The molecule has 3 atom stereocenters. The number of nitrogens with one attached hydrogen (secondary N) is 1. The van der Waals surface area contributed by atoms with Crippen molar-refractivity contribution >= 4 is 34.4 Å². The largest absolute Gasteiger partial charge is 0.482 e. The number of halogens is 1. The highest BCUT2D eigenvalue weighted by Gasteiger charge is 2.40. The van der Waals surface area contributed by atoms with Gasteiger partial charge in [0.05, 0.1) is 16.2 Å². The van der Waals surface area contributed by atoms with Crippen LogP contribution in [0.15, 0.2) is 35.9 Å². The highest BCUT2D eigenvalue weighted by atomic mass is 127. The average molecular weight is 574 g/mol. The van der Waals surface area contributed by atoms with Crippen LogP contribution in [-0.4, -0.2) is 78.1 Å². The number of ether oxygens (including phenoxy) is 2. The lowest BCUT2D eigenvalue weighted by molar-refractivity contribution is -0.139. The van der Waals surface area contributed by atoms with Crippen LogP contribution in [0.2, 0.25) is 0 Å². The van der Waals surface area contributed by atoms with Gasteiger partial charge in [-0.2, -0.15) is 0 Å².